The fourth-order valence-electron chi connectivity index (χ4n) is 3.49. The second-order valence-electron chi connectivity index (χ2n) is 6.94. The Kier molecular flexibility index (Phi) is 4.33. The van der Waals surface area contributed by atoms with E-state index in [1.54, 1.807) is 12.1 Å². The summed E-state index contributed by atoms with van der Waals surface area (Å²) in [5.74, 6) is 0.255. The number of aryl methyl sites for hydroxylation is 1. The van der Waals surface area contributed by atoms with Crippen molar-refractivity contribution in [1.29, 1.82) is 0 Å². The number of benzene rings is 2. The Bertz CT molecular complexity index is 865. The summed E-state index contributed by atoms with van der Waals surface area (Å²) in [4.78, 5) is 26.5. The fourth-order valence-corrected chi connectivity index (χ4v) is 3.49. The van der Waals surface area contributed by atoms with Gasteiger partial charge in [-0.3, -0.25) is 9.59 Å². The predicted molar refractivity (Wildman–Crippen MR) is 99.9 cm³/mol. The zero-order chi connectivity index (χ0) is 18.1. The summed E-state index contributed by atoms with van der Waals surface area (Å²) >= 11 is 0. The number of rotatable bonds is 4. The maximum absolute atomic E-state index is 12.6. The van der Waals surface area contributed by atoms with Crippen LogP contribution in [0.2, 0.25) is 0 Å². The molecule has 0 radical (unpaired) electrons. The number of carbonyl (C=O) groups excluding carboxylic acids is 2. The first-order valence-corrected chi connectivity index (χ1v) is 8.99. The highest BCUT2D eigenvalue weighted by Crippen LogP contribution is 2.34. The molecule has 0 saturated heterocycles. The van der Waals surface area contributed by atoms with Gasteiger partial charge in [0.1, 0.15) is 12.4 Å². The molecule has 1 aliphatic carbocycles. The molecule has 0 aromatic heterocycles. The van der Waals surface area contributed by atoms with Crippen LogP contribution >= 0.6 is 0 Å². The molecule has 26 heavy (non-hydrogen) atoms. The summed E-state index contributed by atoms with van der Waals surface area (Å²) in [7, 11) is 0. The van der Waals surface area contributed by atoms with Gasteiger partial charge in [0, 0.05) is 5.57 Å². The van der Waals surface area contributed by atoms with Gasteiger partial charge in [-0.15, -0.1) is 0 Å². The van der Waals surface area contributed by atoms with E-state index in [0.717, 1.165) is 30.4 Å². The summed E-state index contributed by atoms with van der Waals surface area (Å²) in [5.41, 5.74) is 3.69. The van der Waals surface area contributed by atoms with Crippen molar-refractivity contribution in [2.75, 3.05) is 4.90 Å². The molecule has 2 aliphatic rings. The van der Waals surface area contributed by atoms with E-state index in [0.29, 0.717) is 18.0 Å². The van der Waals surface area contributed by atoms with E-state index in [9.17, 15) is 9.59 Å². The fraction of sp³-hybridized carbons (Fsp3) is 0.273. The van der Waals surface area contributed by atoms with Crippen LogP contribution < -0.4 is 9.64 Å². The molecule has 132 valence electrons. The number of ether oxygens (including phenoxy) is 1. The van der Waals surface area contributed by atoms with Crippen molar-refractivity contribution >= 4 is 17.5 Å². The van der Waals surface area contributed by atoms with E-state index >= 15 is 0 Å². The molecule has 1 atom stereocenters. The molecule has 1 heterocycles. The first-order valence-electron chi connectivity index (χ1n) is 8.99. The highest BCUT2D eigenvalue weighted by molar-refractivity contribution is 6.24. The minimum Gasteiger partial charge on any atom is -0.489 e. The lowest BCUT2D eigenvalue weighted by molar-refractivity contribution is -0.128. The number of anilines is 1. The first-order chi connectivity index (χ1) is 12.6. The molecule has 2 aromatic rings. The van der Waals surface area contributed by atoms with E-state index in [1.165, 1.54) is 10.5 Å². The number of imide groups is 1. The zero-order valence-electron chi connectivity index (χ0n) is 14.8. The number of hydrogen-bond acceptors (Lipinski definition) is 3. The summed E-state index contributed by atoms with van der Waals surface area (Å²) in [5, 5.41) is 0. The molecule has 0 spiro atoms. The Morgan fingerprint density at radius 1 is 1.04 bits per heavy atom. The number of hydrogen-bond donors (Lipinski definition) is 0. The van der Waals surface area contributed by atoms with Crippen LogP contribution in [0.4, 0.5) is 5.69 Å². The third-order valence-electron chi connectivity index (χ3n) is 5.00. The second-order valence-corrected chi connectivity index (χ2v) is 6.94. The molecular weight excluding hydrogens is 326 g/mol. The summed E-state index contributed by atoms with van der Waals surface area (Å²) in [6, 6.07) is 15.4. The van der Waals surface area contributed by atoms with Gasteiger partial charge in [0.25, 0.3) is 5.91 Å². The third-order valence-corrected chi connectivity index (χ3v) is 5.00. The molecule has 4 nitrogen and oxygen atoms in total. The van der Waals surface area contributed by atoms with Gasteiger partial charge in [0.05, 0.1) is 11.6 Å². The lowest BCUT2D eigenvalue weighted by Crippen LogP contribution is -2.46. The van der Waals surface area contributed by atoms with Crippen LogP contribution in [0.3, 0.4) is 0 Å². The lowest BCUT2D eigenvalue weighted by Gasteiger charge is -2.33. The Hall–Kier alpha value is -2.88. The van der Waals surface area contributed by atoms with Crippen molar-refractivity contribution in [3.8, 4) is 5.75 Å². The van der Waals surface area contributed by atoms with Crippen molar-refractivity contribution in [3.05, 3.63) is 71.3 Å². The van der Waals surface area contributed by atoms with Crippen LogP contribution in [0.15, 0.2) is 60.2 Å². The van der Waals surface area contributed by atoms with Crippen LogP contribution in [0.25, 0.3) is 0 Å². The quantitative estimate of drug-likeness (QED) is 0.780. The van der Waals surface area contributed by atoms with E-state index in [2.05, 4.69) is 19.1 Å². The van der Waals surface area contributed by atoms with Gasteiger partial charge in [-0.2, -0.15) is 0 Å². The number of fused-ring (bicyclic) bond motifs is 1. The molecule has 0 fully saturated rings. The van der Waals surface area contributed by atoms with Crippen molar-refractivity contribution < 1.29 is 14.3 Å². The highest BCUT2D eigenvalue weighted by Gasteiger charge is 2.37. The zero-order valence-corrected chi connectivity index (χ0v) is 14.8. The maximum atomic E-state index is 12.6. The van der Waals surface area contributed by atoms with Gasteiger partial charge >= 0.3 is 0 Å². The molecule has 2 amide bonds. The van der Waals surface area contributed by atoms with Crippen molar-refractivity contribution in [2.24, 2.45) is 5.92 Å². The standard InChI is InChI=1S/C22H21NO3/c1-15-5-7-16(8-6-15)14-26-20-11-9-19(10-12-20)23-21(24)17-3-2-4-18(13-17)22(23)25/h5-13,17H,2-4,14H2,1H3. The maximum Gasteiger partial charge on any atom is 0.260 e. The Morgan fingerprint density at radius 2 is 1.77 bits per heavy atom. The molecule has 2 aromatic carbocycles. The van der Waals surface area contributed by atoms with E-state index in [1.807, 2.05) is 30.3 Å². The van der Waals surface area contributed by atoms with Crippen molar-refractivity contribution in [3.63, 3.8) is 0 Å². The van der Waals surface area contributed by atoms with E-state index in [-0.39, 0.29) is 17.7 Å². The number of amides is 2. The molecule has 4 heteroatoms. The van der Waals surface area contributed by atoms with Gasteiger partial charge in [0.15, 0.2) is 0 Å². The smallest absolute Gasteiger partial charge is 0.260 e. The SMILES string of the molecule is Cc1ccc(COc2ccc(N3C(=O)C4=CC(CCC4)C3=O)cc2)cc1. The Labute approximate surface area is 153 Å². The summed E-state index contributed by atoms with van der Waals surface area (Å²) < 4.78 is 5.80. The van der Waals surface area contributed by atoms with Gasteiger partial charge in [0.2, 0.25) is 5.91 Å². The predicted octanol–water partition coefficient (Wildman–Crippen LogP) is 4.17. The highest BCUT2D eigenvalue weighted by atomic mass is 16.5. The van der Waals surface area contributed by atoms with Gasteiger partial charge in [-0.1, -0.05) is 35.9 Å². The van der Waals surface area contributed by atoms with Crippen LogP contribution in [-0.4, -0.2) is 11.8 Å². The van der Waals surface area contributed by atoms with E-state index in [4.69, 9.17) is 4.74 Å². The Morgan fingerprint density at radius 3 is 2.50 bits per heavy atom. The molecule has 1 aliphatic heterocycles. The molecular formula is C22H21NO3. The average Bonchev–Trinajstić information content (AvgIpc) is 2.68. The van der Waals surface area contributed by atoms with Gasteiger partial charge < -0.3 is 4.74 Å². The second kappa shape index (κ2) is 6.79. The topological polar surface area (TPSA) is 46.6 Å². The van der Waals surface area contributed by atoms with Crippen LogP contribution in [0.5, 0.6) is 5.75 Å². The monoisotopic (exact) mass is 347 g/mol. The van der Waals surface area contributed by atoms with Crippen LogP contribution in [0, 0.1) is 12.8 Å². The minimum absolute atomic E-state index is 0.119. The molecule has 0 N–H and O–H groups in total. The third kappa shape index (κ3) is 3.15. The minimum atomic E-state index is -0.181. The average molecular weight is 347 g/mol. The molecule has 2 bridgehead atoms. The van der Waals surface area contributed by atoms with Gasteiger partial charge in [-0.05, 0) is 56.0 Å². The summed E-state index contributed by atoms with van der Waals surface area (Å²) in [6.07, 6.45) is 4.35. The normalized spacial score (nSPS) is 19.3. The Balaban J connectivity index is 1.47. The molecule has 4 rings (SSSR count). The first kappa shape index (κ1) is 16.6. The van der Waals surface area contributed by atoms with Crippen molar-refractivity contribution in [2.45, 2.75) is 32.8 Å². The van der Waals surface area contributed by atoms with Gasteiger partial charge in [-0.25, -0.2) is 4.90 Å². The van der Waals surface area contributed by atoms with Crippen LogP contribution in [0.1, 0.15) is 30.4 Å². The lowest BCUT2D eigenvalue weighted by atomic mass is 9.85. The van der Waals surface area contributed by atoms with Crippen LogP contribution in [-0.2, 0) is 16.2 Å². The molecule has 0 saturated carbocycles. The number of carbonyl (C=O) groups is 2. The number of nitrogens with zero attached hydrogens (tertiary/aromatic N) is 1. The molecule has 1 unspecified atom stereocenters. The van der Waals surface area contributed by atoms with Crippen molar-refractivity contribution in [1.82, 2.24) is 0 Å². The van der Waals surface area contributed by atoms with E-state index < -0.39 is 0 Å². The largest absolute Gasteiger partial charge is 0.489 e. The summed E-state index contributed by atoms with van der Waals surface area (Å²) in [6.45, 7) is 2.53.